The molecule has 0 atom stereocenters. The van der Waals surface area contributed by atoms with Crippen LogP contribution in [0.15, 0.2) is 23.1 Å². The molecule has 14 heavy (non-hydrogen) atoms. The molecule has 78 valence electrons. The largest absolute Gasteiger partial charge is 0.493 e. The molecule has 0 unspecified atom stereocenters. The van der Waals surface area contributed by atoms with Gasteiger partial charge in [0.2, 0.25) is 0 Å². The molecule has 0 spiro atoms. The van der Waals surface area contributed by atoms with Gasteiger partial charge in [-0.3, -0.25) is 0 Å². The zero-order valence-corrected chi connectivity index (χ0v) is 9.53. The summed E-state index contributed by atoms with van der Waals surface area (Å²) in [6.07, 6.45) is 1.92. The van der Waals surface area contributed by atoms with Gasteiger partial charge in [0, 0.05) is 11.0 Å². The lowest BCUT2D eigenvalue weighted by Crippen LogP contribution is -2.04. The second-order valence-electron chi connectivity index (χ2n) is 3.53. The second-order valence-corrected chi connectivity index (χ2v) is 4.41. The fourth-order valence-corrected chi connectivity index (χ4v) is 1.47. The van der Waals surface area contributed by atoms with E-state index in [0.29, 0.717) is 18.3 Å². The van der Waals surface area contributed by atoms with Crippen molar-refractivity contribution in [3.8, 4) is 5.75 Å². The Hall–Kier alpha value is -0.700. The van der Waals surface area contributed by atoms with E-state index in [2.05, 4.69) is 13.8 Å². The van der Waals surface area contributed by atoms with Gasteiger partial charge in [0.05, 0.1) is 6.61 Å². The molecule has 0 radical (unpaired) electrons. The van der Waals surface area contributed by atoms with Crippen molar-refractivity contribution in [1.29, 1.82) is 0 Å². The van der Waals surface area contributed by atoms with Gasteiger partial charge in [-0.2, -0.15) is 0 Å². The Balaban J connectivity index is 2.71. The predicted molar refractivity (Wildman–Crippen MR) is 58.5 cm³/mol. The zero-order chi connectivity index (χ0) is 10.6. The lowest BCUT2D eigenvalue weighted by atomic mass is 10.2. The molecular weight excluding hydrogens is 199 g/mol. The van der Waals surface area contributed by atoms with E-state index in [1.54, 1.807) is 0 Å². The van der Waals surface area contributed by atoms with Crippen molar-refractivity contribution in [1.82, 2.24) is 0 Å². The zero-order valence-electron chi connectivity index (χ0n) is 8.71. The number of hydrogen-bond acceptors (Lipinski definition) is 2. The number of ether oxygens (including phenoxy) is 1. The van der Waals surface area contributed by atoms with Gasteiger partial charge in [0.15, 0.2) is 0 Å². The minimum Gasteiger partial charge on any atom is -0.493 e. The summed E-state index contributed by atoms with van der Waals surface area (Å²) in [5, 5.41) is 0. The van der Waals surface area contributed by atoms with Crippen LogP contribution in [0.25, 0.3) is 0 Å². The monoisotopic (exact) mass is 214 g/mol. The van der Waals surface area contributed by atoms with E-state index >= 15 is 0 Å². The summed E-state index contributed by atoms with van der Waals surface area (Å²) in [6, 6.07) is 4.78. The predicted octanol–water partition coefficient (Wildman–Crippen LogP) is 3.58. The van der Waals surface area contributed by atoms with Crippen molar-refractivity contribution >= 4 is 11.8 Å². The SMILES string of the molecule is CSc1cc(F)cc(OCC(C)C)c1. The van der Waals surface area contributed by atoms with E-state index in [-0.39, 0.29) is 5.82 Å². The van der Waals surface area contributed by atoms with E-state index < -0.39 is 0 Å². The number of benzene rings is 1. The average Bonchev–Trinajstić information content (AvgIpc) is 2.14. The van der Waals surface area contributed by atoms with Crippen LogP contribution in [-0.4, -0.2) is 12.9 Å². The van der Waals surface area contributed by atoms with Gasteiger partial charge in [-0.05, 0) is 24.3 Å². The summed E-state index contributed by atoms with van der Waals surface area (Å²) < 4.78 is 18.5. The van der Waals surface area contributed by atoms with Crippen LogP contribution >= 0.6 is 11.8 Å². The molecule has 1 nitrogen and oxygen atoms in total. The van der Waals surface area contributed by atoms with E-state index in [4.69, 9.17) is 4.74 Å². The van der Waals surface area contributed by atoms with Crippen molar-refractivity contribution in [2.45, 2.75) is 18.7 Å². The van der Waals surface area contributed by atoms with Crippen molar-refractivity contribution in [2.24, 2.45) is 5.92 Å². The summed E-state index contributed by atoms with van der Waals surface area (Å²) >= 11 is 1.51. The number of hydrogen-bond donors (Lipinski definition) is 0. The van der Waals surface area contributed by atoms with Crippen LogP contribution in [0.1, 0.15) is 13.8 Å². The standard InChI is InChI=1S/C11H15FOS/c1-8(2)7-13-10-4-9(12)5-11(6-10)14-3/h4-6,8H,7H2,1-3H3. The molecule has 1 rings (SSSR count). The summed E-state index contributed by atoms with van der Waals surface area (Å²) in [7, 11) is 0. The topological polar surface area (TPSA) is 9.23 Å². The van der Waals surface area contributed by atoms with Gasteiger partial charge in [0.1, 0.15) is 11.6 Å². The minimum atomic E-state index is -0.240. The normalized spacial score (nSPS) is 10.6. The molecule has 0 aliphatic rings. The lowest BCUT2D eigenvalue weighted by molar-refractivity contribution is 0.269. The second kappa shape index (κ2) is 5.25. The van der Waals surface area contributed by atoms with Crippen molar-refractivity contribution in [3.63, 3.8) is 0 Å². The molecule has 0 saturated heterocycles. The lowest BCUT2D eigenvalue weighted by Gasteiger charge is -2.09. The molecular formula is C11H15FOS. The third-order valence-corrected chi connectivity index (χ3v) is 2.37. The molecule has 3 heteroatoms. The Kier molecular flexibility index (Phi) is 4.26. The van der Waals surface area contributed by atoms with Crippen LogP contribution in [0, 0.1) is 11.7 Å². The molecule has 0 aromatic heterocycles. The quantitative estimate of drug-likeness (QED) is 0.708. The molecule has 0 aliphatic heterocycles. The molecule has 0 amide bonds. The van der Waals surface area contributed by atoms with Crippen LogP contribution in [0.3, 0.4) is 0 Å². The molecule has 0 fully saturated rings. The molecule has 0 saturated carbocycles. The van der Waals surface area contributed by atoms with Gasteiger partial charge in [-0.1, -0.05) is 13.8 Å². The van der Waals surface area contributed by atoms with E-state index in [9.17, 15) is 4.39 Å². The van der Waals surface area contributed by atoms with Crippen molar-refractivity contribution < 1.29 is 9.13 Å². The van der Waals surface area contributed by atoms with Gasteiger partial charge < -0.3 is 4.74 Å². The Bertz CT molecular complexity index is 299. The smallest absolute Gasteiger partial charge is 0.128 e. The van der Waals surface area contributed by atoms with E-state index in [0.717, 1.165) is 4.90 Å². The minimum absolute atomic E-state index is 0.240. The van der Waals surface area contributed by atoms with Gasteiger partial charge in [0.25, 0.3) is 0 Å². The highest BCUT2D eigenvalue weighted by Gasteiger charge is 2.02. The van der Waals surface area contributed by atoms with Crippen LogP contribution in [-0.2, 0) is 0 Å². The Morgan fingerprint density at radius 1 is 1.36 bits per heavy atom. The van der Waals surface area contributed by atoms with Crippen molar-refractivity contribution in [3.05, 3.63) is 24.0 Å². The maximum absolute atomic E-state index is 13.0. The van der Waals surface area contributed by atoms with Crippen LogP contribution in [0.5, 0.6) is 5.75 Å². The molecule has 1 aromatic carbocycles. The van der Waals surface area contributed by atoms with Crippen molar-refractivity contribution in [2.75, 3.05) is 12.9 Å². The van der Waals surface area contributed by atoms with E-state index in [1.807, 2.05) is 12.3 Å². The highest BCUT2D eigenvalue weighted by molar-refractivity contribution is 7.98. The first kappa shape index (κ1) is 11.4. The van der Waals surface area contributed by atoms with Gasteiger partial charge in [-0.15, -0.1) is 11.8 Å². The Morgan fingerprint density at radius 3 is 2.64 bits per heavy atom. The Morgan fingerprint density at radius 2 is 2.07 bits per heavy atom. The molecule has 1 aromatic rings. The average molecular weight is 214 g/mol. The first-order valence-electron chi connectivity index (χ1n) is 4.59. The van der Waals surface area contributed by atoms with Gasteiger partial charge >= 0.3 is 0 Å². The fourth-order valence-electron chi connectivity index (χ4n) is 1.00. The maximum atomic E-state index is 13.0. The van der Waals surface area contributed by atoms with Crippen LogP contribution in [0.2, 0.25) is 0 Å². The Labute approximate surface area is 88.7 Å². The third-order valence-electron chi connectivity index (χ3n) is 1.66. The first-order valence-corrected chi connectivity index (χ1v) is 5.81. The summed E-state index contributed by atoms with van der Waals surface area (Å²) in [5.41, 5.74) is 0. The number of thioether (sulfide) groups is 1. The summed E-state index contributed by atoms with van der Waals surface area (Å²) in [6.45, 7) is 4.75. The highest BCUT2D eigenvalue weighted by Crippen LogP contribution is 2.23. The number of halogens is 1. The first-order chi connectivity index (χ1) is 6.61. The number of rotatable bonds is 4. The molecule has 0 N–H and O–H groups in total. The molecule has 0 aliphatic carbocycles. The van der Waals surface area contributed by atoms with E-state index in [1.165, 1.54) is 23.9 Å². The summed E-state index contributed by atoms with van der Waals surface area (Å²) in [4.78, 5) is 0.892. The van der Waals surface area contributed by atoms with Crippen LogP contribution in [0.4, 0.5) is 4.39 Å². The van der Waals surface area contributed by atoms with Gasteiger partial charge in [-0.25, -0.2) is 4.39 Å². The fraction of sp³-hybridized carbons (Fsp3) is 0.455. The molecule has 0 bridgehead atoms. The highest BCUT2D eigenvalue weighted by atomic mass is 32.2. The molecule has 0 heterocycles. The summed E-state index contributed by atoms with van der Waals surface area (Å²) in [5.74, 6) is 0.828. The maximum Gasteiger partial charge on any atom is 0.128 e. The van der Waals surface area contributed by atoms with Crippen LogP contribution < -0.4 is 4.74 Å². The third kappa shape index (κ3) is 3.58.